The van der Waals surface area contributed by atoms with Gasteiger partial charge in [0.1, 0.15) is 5.82 Å². The number of thiophene rings is 1. The highest BCUT2D eigenvalue weighted by Gasteiger charge is 2.18. The molecule has 1 unspecified atom stereocenters. The van der Waals surface area contributed by atoms with Gasteiger partial charge in [0.05, 0.1) is 0 Å². The minimum atomic E-state index is -0.159. The lowest BCUT2D eigenvalue weighted by atomic mass is 10.0. The third kappa shape index (κ3) is 3.51. The lowest BCUT2D eigenvalue weighted by molar-refractivity contribution is 0.242. The van der Waals surface area contributed by atoms with Gasteiger partial charge in [-0.2, -0.15) is 0 Å². The fourth-order valence-corrected chi connectivity index (χ4v) is 3.90. The van der Waals surface area contributed by atoms with Crippen molar-refractivity contribution in [2.45, 2.75) is 25.4 Å². The summed E-state index contributed by atoms with van der Waals surface area (Å²) in [6.07, 6.45) is 2.16. The van der Waals surface area contributed by atoms with Gasteiger partial charge < -0.3 is 5.32 Å². The molecule has 0 radical (unpaired) electrons. The van der Waals surface area contributed by atoms with Crippen LogP contribution in [0.3, 0.4) is 0 Å². The van der Waals surface area contributed by atoms with Gasteiger partial charge in [0.2, 0.25) is 0 Å². The van der Waals surface area contributed by atoms with Gasteiger partial charge in [0.15, 0.2) is 0 Å². The van der Waals surface area contributed by atoms with Gasteiger partial charge in [-0.05, 0) is 54.6 Å². The van der Waals surface area contributed by atoms with Crippen LogP contribution < -0.4 is 5.32 Å². The van der Waals surface area contributed by atoms with E-state index >= 15 is 0 Å². The Labute approximate surface area is 129 Å². The summed E-state index contributed by atoms with van der Waals surface area (Å²) in [6, 6.07) is 9.37. The summed E-state index contributed by atoms with van der Waals surface area (Å²) in [5.74, 6) is -0.159. The molecule has 2 nitrogen and oxygen atoms in total. The number of hydrogen-bond acceptors (Lipinski definition) is 3. The van der Waals surface area contributed by atoms with Crippen molar-refractivity contribution >= 4 is 11.3 Å². The van der Waals surface area contributed by atoms with Crippen molar-refractivity contribution in [3.8, 4) is 0 Å². The van der Waals surface area contributed by atoms with Crippen LogP contribution in [0.2, 0.25) is 0 Å². The van der Waals surface area contributed by atoms with Crippen molar-refractivity contribution in [1.29, 1.82) is 0 Å². The smallest absolute Gasteiger partial charge is 0.123 e. The van der Waals surface area contributed by atoms with E-state index in [0.29, 0.717) is 0 Å². The van der Waals surface area contributed by atoms with Gasteiger partial charge in [-0.15, -0.1) is 11.3 Å². The molecule has 2 heterocycles. The van der Waals surface area contributed by atoms with E-state index in [4.69, 9.17) is 0 Å². The number of nitrogens with one attached hydrogen (secondary N) is 1. The zero-order valence-corrected chi connectivity index (χ0v) is 13.1. The number of nitrogens with zero attached hydrogens (tertiary/aromatic N) is 1. The SMILES string of the molecule is CNC(CCN1CCc2sccc2C1)c1cccc(F)c1. The predicted octanol–water partition coefficient (Wildman–Crippen LogP) is 3.60. The number of rotatable bonds is 5. The third-order valence-corrected chi connectivity index (χ3v) is 5.24. The van der Waals surface area contributed by atoms with Crippen LogP contribution in [0, 0.1) is 5.82 Å². The van der Waals surface area contributed by atoms with Crippen LogP contribution in [-0.2, 0) is 13.0 Å². The predicted molar refractivity (Wildman–Crippen MR) is 86.1 cm³/mol. The lowest BCUT2D eigenvalue weighted by Gasteiger charge is -2.28. The Morgan fingerprint density at radius 1 is 1.38 bits per heavy atom. The van der Waals surface area contributed by atoms with Crippen LogP contribution >= 0.6 is 11.3 Å². The molecule has 0 fully saturated rings. The van der Waals surface area contributed by atoms with Crippen molar-refractivity contribution in [3.63, 3.8) is 0 Å². The molecule has 3 rings (SSSR count). The molecule has 1 aliphatic rings. The molecule has 0 spiro atoms. The van der Waals surface area contributed by atoms with Crippen LogP contribution in [0.25, 0.3) is 0 Å². The van der Waals surface area contributed by atoms with E-state index in [2.05, 4.69) is 21.7 Å². The summed E-state index contributed by atoms with van der Waals surface area (Å²) in [5, 5.41) is 5.50. The van der Waals surface area contributed by atoms with Gasteiger partial charge >= 0.3 is 0 Å². The van der Waals surface area contributed by atoms with Gasteiger partial charge in [-0.25, -0.2) is 4.39 Å². The fourth-order valence-electron chi connectivity index (χ4n) is 3.01. The van der Waals surface area contributed by atoms with Crippen molar-refractivity contribution in [2.24, 2.45) is 0 Å². The first-order valence-electron chi connectivity index (χ1n) is 7.46. The molecule has 112 valence electrons. The first kappa shape index (κ1) is 14.7. The van der Waals surface area contributed by atoms with Gasteiger partial charge in [-0.1, -0.05) is 12.1 Å². The lowest BCUT2D eigenvalue weighted by Crippen LogP contribution is -2.32. The van der Waals surface area contributed by atoms with Crippen LogP contribution in [0.4, 0.5) is 4.39 Å². The zero-order valence-electron chi connectivity index (χ0n) is 12.3. The fraction of sp³-hybridized carbons (Fsp3) is 0.412. The second-order valence-corrected chi connectivity index (χ2v) is 6.58. The van der Waals surface area contributed by atoms with Crippen molar-refractivity contribution < 1.29 is 4.39 Å². The maximum absolute atomic E-state index is 13.4. The highest BCUT2D eigenvalue weighted by molar-refractivity contribution is 7.10. The number of hydrogen-bond donors (Lipinski definition) is 1. The first-order chi connectivity index (χ1) is 10.3. The van der Waals surface area contributed by atoms with Crippen LogP contribution in [-0.4, -0.2) is 25.0 Å². The topological polar surface area (TPSA) is 15.3 Å². The second-order valence-electron chi connectivity index (χ2n) is 5.58. The molecule has 0 amide bonds. The largest absolute Gasteiger partial charge is 0.313 e. The number of fused-ring (bicyclic) bond motifs is 1. The van der Waals surface area contributed by atoms with Crippen molar-refractivity contribution in [1.82, 2.24) is 10.2 Å². The highest BCUT2D eigenvalue weighted by atomic mass is 32.1. The monoisotopic (exact) mass is 304 g/mol. The average molecular weight is 304 g/mol. The van der Waals surface area contributed by atoms with E-state index in [-0.39, 0.29) is 11.9 Å². The Morgan fingerprint density at radius 3 is 3.10 bits per heavy atom. The Kier molecular flexibility index (Phi) is 4.68. The molecule has 21 heavy (non-hydrogen) atoms. The quantitative estimate of drug-likeness (QED) is 0.908. The number of benzene rings is 1. The summed E-state index contributed by atoms with van der Waals surface area (Å²) in [6.45, 7) is 3.23. The maximum Gasteiger partial charge on any atom is 0.123 e. The van der Waals surface area contributed by atoms with Crippen LogP contribution in [0.5, 0.6) is 0 Å². The molecule has 0 saturated heterocycles. The maximum atomic E-state index is 13.4. The summed E-state index contributed by atoms with van der Waals surface area (Å²) in [5.41, 5.74) is 2.52. The van der Waals surface area contributed by atoms with E-state index < -0.39 is 0 Å². The Morgan fingerprint density at radius 2 is 2.29 bits per heavy atom. The molecular weight excluding hydrogens is 283 g/mol. The van der Waals surface area contributed by atoms with Crippen molar-refractivity contribution in [3.05, 3.63) is 57.5 Å². The van der Waals surface area contributed by atoms with E-state index in [1.54, 1.807) is 17.0 Å². The van der Waals surface area contributed by atoms with Crippen LogP contribution in [0.1, 0.15) is 28.5 Å². The van der Waals surface area contributed by atoms with Gasteiger partial charge in [-0.3, -0.25) is 4.90 Å². The summed E-state index contributed by atoms with van der Waals surface area (Å²) in [7, 11) is 1.95. The Balaban J connectivity index is 1.59. The molecule has 1 aromatic heterocycles. The minimum absolute atomic E-state index is 0.159. The molecular formula is C17H21FN2S. The zero-order chi connectivity index (χ0) is 14.7. The normalized spacial score (nSPS) is 16.7. The first-order valence-corrected chi connectivity index (χ1v) is 8.34. The van der Waals surface area contributed by atoms with Crippen LogP contribution in [0.15, 0.2) is 35.7 Å². The standard InChI is InChI=1S/C17H21FN2S/c1-19-16(13-3-2-4-15(18)11-13)5-8-20-9-6-17-14(12-20)7-10-21-17/h2-4,7,10-11,16,19H,5-6,8-9,12H2,1H3. The van der Waals surface area contributed by atoms with E-state index in [9.17, 15) is 4.39 Å². The van der Waals surface area contributed by atoms with Gasteiger partial charge in [0.25, 0.3) is 0 Å². The number of halogens is 1. The molecule has 2 aromatic rings. The molecule has 1 atom stereocenters. The molecule has 1 aromatic carbocycles. The Bertz CT molecular complexity index is 596. The highest BCUT2D eigenvalue weighted by Crippen LogP contribution is 2.25. The van der Waals surface area contributed by atoms with Crippen molar-refractivity contribution in [2.75, 3.05) is 20.1 Å². The Hall–Kier alpha value is -1.23. The summed E-state index contributed by atoms with van der Waals surface area (Å²) >= 11 is 1.87. The second kappa shape index (κ2) is 6.69. The third-order valence-electron chi connectivity index (χ3n) is 4.22. The summed E-state index contributed by atoms with van der Waals surface area (Å²) in [4.78, 5) is 4.04. The molecule has 0 bridgehead atoms. The molecule has 4 heteroatoms. The van der Waals surface area contributed by atoms with E-state index in [1.807, 2.05) is 24.5 Å². The van der Waals surface area contributed by atoms with E-state index in [0.717, 1.165) is 38.0 Å². The molecule has 1 N–H and O–H groups in total. The molecule has 1 aliphatic heterocycles. The molecule has 0 aliphatic carbocycles. The molecule has 0 saturated carbocycles. The average Bonchev–Trinajstić information content (AvgIpc) is 2.95. The summed E-state index contributed by atoms with van der Waals surface area (Å²) < 4.78 is 13.4. The van der Waals surface area contributed by atoms with E-state index in [1.165, 1.54) is 11.6 Å². The minimum Gasteiger partial charge on any atom is -0.313 e. The van der Waals surface area contributed by atoms with Gasteiger partial charge in [0, 0.05) is 30.6 Å².